The van der Waals surface area contributed by atoms with Crippen LogP contribution in [0.1, 0.15) is 30.7 Å². The molecule has 0 spiro atoms. The van der Waals surface area contributed by atoms with Crippen LogP contribution in [-0.2, 0) is 0 Å². The highest BCUT2D eigenvalue weighted by Gasteiger charge is 2.25. The maximum atomic E-state index is 10.9. The maximum Gasteiger partial charge on any atom is 0.156 e. The highest BCUT2D eigenvalue weighted by Crippen LogP contribution is 2.29. The SMILES string of the molecule is Cc1cn2cc(C3=CC(O)C4CCC=C(N5CCNCC5)C=CC(=N3)C4)nc2cn1. The molecule has 2 atom stereocenters. The van der Waals surface area contributed by atoms with Gasteiger partial charge in [0.05, 0.1) is 23.7 Å². The van der Waals surface area contributed by atoms with Crippen molar-refractivity contribution in [3.05, 3.63) is 60.0 Å². The molecular formula is C23H28N6O. The molecule has 2 aliphatic heterocycles. The minimum Gasteiger partial charge on any atom is -0.389 e. The number of hydrogen-bond acceptors (Lipinski definition) is 6. The van der Waals surface area contributed by atoms with E-state index in [1.54, 1.807) is 6.20 Å². The Balaban J connectivity index is 1.49. The quantitative estimate of drug-likeness (QED) is 0.803. The second-order valence-corrected chi connectivity index (χ2v) is 8.31. The summed E-state index contributed by atoms with van der Waals surface area (Å²) in [6, 6.07) is 0. The summed E-state index contributed by atoms with van der Waals surface area (Å²) >= 11 is 0. The van der Waals surface area contributed by atoms with Crippen molar-refractivity contribution in [1.82, 2.24) is 24.6 Å². The summed E-state index contributed by atoms with van der Waals surface area (Å²) in [6.07, 6.45) is 16.3. The van der Waals surface area contributed by atoms with Crippen molar-refractivity contribution in [3.8, 4) is 0 Å². The van der Waals surface area contributed by atoms with Crippen molar-refractivity contribution in [2.45, 2.75) is 32.3 Å². The normalized spacial score (nSPS) is 25.0. The number of aliphatic imine (C=N–C) groups is 1. The van der Waals surface area contributed by atoms with Crippen LogP contribution in [0.5, 0.6) is 0 Å². The molecule has 7 heteroatoms. The maximum absolute atomic E-state index is 10.9. The third-order valence-electron chi connectivity index (χ3n) is 6.10. The van der Waals surface area contributed by atoms with Gasteiger partial charge in [0, 0.05) is 50.0 Å². The molecule has 0 radical (unpaired) electrons. The first kappa shape index (κ1) is 19.2. The van der Waals surface area contributed by atoms with E-state index >= 15 is 0 Å². The van der Waals surface area contributed by atoms with E-state index in [9.17, 15) is 5.11 Å². The fraction of sp³-hybridized carbons (Fsp3) is 0.435. The van der Waals surface area contributed by atoms with Crippen molar-refractivity contribution >= 4 is 17.1 Å². The van der Waals surface area contributed by atoms with E-state index in [1.807, 2.05) is 29.8 Å². The van der Waals surface area contributed by atoms with Gasteiger partial charge in [0.25, 0.3) is 0 Å². The number of allylic oxidation sites excluding steroid dienone is 3. The lowest BCUT2D eigenvalue weighted by Gasteiger charge is -2.30. The van der Waals surface area contributed by atoms with Crippen molar-refractivity contribution in [2.24, 2.45) is 10.9 Å². The van der Waals surface area contributed by atoms with Crippen LogP contribution in [0, 0.1) is 12.8 Å². The zero-order valence-corrected chi connectivity index (χ0v) is 17.3. The van der Waals surface area contributed by atoms with E-state index in [0.717, 1.165) is 73.9 Å². The molecule has 2 bridgehead atoms. The van der Waals surface area contributed by atoms with Gasteiger partial charge in [-0.25, -0.2) is 4.98 Å². The molecule has 2 N–H and O–H groups in total. The molecule has 2 unspecified atom stereocenters. The zero-order chi connectivity index (χ0) is 20.5. The Bertz CT molecular complexity index is 1060. The Morgan fingerprint density at radius 1 is 1.17 bits per heavy atom. The lowest BCUT2D eigenvalue weighted by Crippen LogP contribution is -2.42. The minimum absolute atomic E-state index is 0.158. The smallest absolute Gasteiger partial charge is 0.156 e. The lowest BCUT2D eigenvalue weighted by atomic mass is 9.91. The predicted molar refractivity (Wildman–Crippen MR) is 118 cm³/mol. The number of imidazole rings is 1. The Morgan fingerprint density at radius 2 is 2.03 bits per heavy atom. The van der Waals surface area contributed by atoms with E-state index in [2.05, 4.69) is 38.4 Å². The molecular weight excluding hydrogens is 376 g/mol. The Morgan fingerprint density at radius 3 is 2.90 bits per heavy atom. The molecule has 0 saturated carbocycles. The van der Waals surface area contributed by atoms with Gasteiger partial charge in [-0.05, 0) is 50.3 Å². The van der Waals surface area contributed by atoms with E-state index in [1.165, 1.54) is 5.70 Å². The molecule has 1 aliphatic carbocycles. The second-order valence-electron chi connectivity index (χ2n) is 8.31. The van der Waals surface area contributed by atoms with Gasteiger partial charge < -0.3 is 19.7 Å². The van der Waals surface area contributed by atoms with Gasteiger partial charge in [-0.3, -0.25) is 9.98 Å². The molecule has 3 aliphatic rings. The van der Waals surface area contributed by atoms with Gasteiger partial charge in [-0.15, -0.1) is 0 Å². The van der Waals surface area contributed by atoms with Crippen molar-refractivity contribution in [3.63, 3.8) is 0 Å². The van der Waals surface area contributed by atoms with Crippen molar-refractivity contribution < 1.29 is 5.11 Å². The highest BCUT2D eigenvalue weighted by atomic mass is 16.3. The zero-order valence-electron chi connectivity index (χ0n) is 17.3. The number of nitrogens with one attached hydrogen (secondary N) is 1. The fourth-order valence-corrected chi connectivity index (χ4v) is 4.42. The first-order valence-corrected chi connectivity index (χ1v) is 10.8. The van der Waals surface area contributed by atoms with E-state index in [0.29, 0.717) is 0 Å². The first-order valence-electron chi connectivity index (χ1n) is 10.8. The summed E-state index contributed by atoms with van der Waals surface area (Å²) in [6.45, 7) is 6.04. The average molecular weight is 405 g/mol. The van der Waals surface area contributed by atoms with E-state index in [-0.39, 0.29) is 5.92 Å². The van der Waals surface area contributed by atoms with Crippen molar-refractivity contribution in [1.29, 1.82) is 0 Å². The largest absolute Gasteiger partial charge is 0.389 e. The molecule has 7 nitrogen and oxygen atoms in total. The number of nitrogens with zero attached hydrogens (tertiary/aromatic N) is 5. The second kappa shape index (κ2) is 8.16. The van der Waals surface area contributed by atoms with Crippen LogP contribution in [-0.4, -0.2) is 62.4 Å². The molecule has 30 heavy (non-hydrogen) atoms. The van der Waals surface area contributed by atoms with Gasteiger partial charge in [0.2, 0.25) is 0 Å². The van der Waals surface area contributed by atoms with Crippen LogP contribution in [0.25, 0.3) is 11.3 Å². The molecule has 0 amide bonds. The average Bonchev–Trinajstić information content (AvgIpc) is 3.14. The van der Waals surface area contributed by atoms with E-state index < -0.39 is 6.10 Å². The topological polar surface area (TPSA) is 78.0 Å². The lowest BCUT2D eigenvalue weighted by molar-refractivity contribution is 0.152. The number of aryl methyl sites for hydroxylation is 1. The fourth-order valence-electron chi connectivity index (χ4n) is 4.42. The molecule has 0 aromatic carbocycles. The number of piperazine rings is 1. The van der Waals surface area contributed by atoms with E-state index in [4.69, 9.17) is 4.99 Å². The van der Waals surface area contributed by atoms with Crippen LogP contribution in [0.2, 0.25) is 0 Å². The molecule has 2 aromatic rings. The third kappa shape index (κ3) is 3.95. The summed E-state index contributed by atoms with van der Waals surface area (Å²) in [5.41, 5.74) is 5.48. The Kier molecular flexibility index (Phi) is 5.23. The number of hydrogen-bond donors (Lipinski definition) is 2. The van der Waals surface area contributed by atoms with Gasteiger partial charge in [0.15, 0.2) is 5.65 Å². The first-order chi connectivity index (χ1) is 14.7. The molecule has 4 heterocycles. The van der Waals surface area contributed by atoms with Gasteiger partial charge in [-0.2, -0.15) is 0 Å². The number of rotatable bonds is 2. The monoisotopic (exact) mass is 404 g/mol. The van der Waals surface area contributed by atoms with Gasteiger partial charge in [-0.1, -0.05) is 6.08 Å². The third-order valence-corrected chi connectivity index (χ3v) is 6.10. The Hall–Kier alpha value is -2.77. The molecule has 2 aromatic heterocycles. The summed E-state index contributed by atoms with van der Waals surface area (Å²) in [5, 5.41) is 14.3. The molecule has 1 saturated heterocycles. The van der Waals surface area contributed by atoms with Gasteiger partial charge in [0.1, 0.15) is 5.69 Å². The summed E-state index contributed by atoms with van der Waals surface area (Å²) < 4.78 is 1.96. The van der Waals surface area contributed by atoms with Crippen LogP contribution in [0.15, 0.2) is 53.6 Å². The predicted octanol–water partition coefficient (Wildman–Crippen LogP) is 2.34. The summed E-state index contributed by atoms with van der Waals surface area (Å²) in [7, 11) is 0. The van der Waals surface area contributed by atoms with Crippen LogP contribution in [0.4, 0.5) is 0 Å². The van der Waals surface area contributed by atoms with Crippen LogP contribution < -0.4 is 5.32 Å². The highest BCUT2D eigenvalue weighted by molar-refractivity contribution is 5.99. The van der Waals surface area contributed by atoms with Crippen LogP contribution in [0.3, 0.4) is 0 Å². The minimum atomic E-state index is -0.534. The Labute approximate surface area is 176 Å². The summed E-state index contributed by atoms with van der Waals surface area (Å²) in [4.78, 5) is 16.4. The van der Waals surface area contributed by atoms with Gasteiger partial charge >= 0.3 is 0 Å². The standard InChI is InChI=1S/C23H28N6O/c1-16-14-29-15-21(27-23(29)13-25-16)20-12-22(30)17-3-2-4-19(6-5-18(11-17)26-20)28-9-7-24-8-10-28/h4-6,12-15,17,22,24,30H,2-3,7-11H2,1H3. The number of aromatic nitrogens is 3. The summed E-state index contributed by atoms with van der Waals surface area (Å²) in [5.74, 6) is 0.158. The van der Waals surface area contributed by atoms with Crippen LogP contribution >= 0.6 is 0 Å². The number of fused-ring (bicyclic) bond motifs is 3. The number of aliphatic hydroxyl groups excluding tert-OH is 1. The molecule has 156 valence electrons. The molecule has 5 rings (SSSR count). The molecule has 1 fully saturated rings. The number of aliphatic hydroxyl groups is 1. The van der Waals surface area contributed by atoms with Crippen molar-refractivity contribution in [2.75, 3.05) is 26.2 Å².